The first-order valence-electron chi connectivity index (χ1n) is 16.7. The second kappa shape index (κ2) is 10.8. The van der Waals surface area contributed by atoms with E-state index in [4.69, 9.17) is 15.5 Å². The summed E-state index contributed by atoms with van der Waals surface area (Å²) in [6.45, 7) is 3.85. The van der Waals surface area contributed by atoms with Crippen LogP contribution < -0.4 is 15.4 Å². The van der Waals surface area contributed by atoms with Crippen molar-refractivity contribution in [1.82, 2.24) is 29.0 Å². The second-order valence-electron chi connectivity index (χ2n) is 13.8. The summed E-state index contributed by atoms with van der Waals surface area (Å²) in [6.07, 6.45) is 7.73. The number of fused-ring (bicyclic) bond motifs is 4. The van der Waals surface area contributed by atoms with Crippen LogP contribution in [0.25, 0.3) is 33.5 Å². The number of piperidine rings is 1. The van der Waals surface area contributed by atoms with Crippen LogP contribution in [0.3, 0.4) is 0 Å². The molecule has 4 aliphatic rings. The predicted octanol–water partition coefficient (Wildman–Crippen LogP) is 4.44. The van der Waals surface area contributed by atoms with Crippen molar-refractivity contribution in [3.8, 4) is 23.3 Å². The van der Waals surface area contributed by atoms with E-state index in [0.29, 0.717) is 47.8 Å². The Kier molecular flexibility index (Phi) is 6.51. The Labute approximate surface area is 272 Å². The minimum absolute atomic E-state index is 0.00120. The molecule has 11 heteroatoms. The van der Waals surface area contributed by atoms with Gasteiger partial charge in [-0.15, -0.1) is 0 Å². The summed E-state index contributed by atoms with van der Waals surface area (Å²) in [5.41, 5.74) is 11.3. The first-order valence-corrected chi connectivity index (χ1v) is 16.7. The molecule has 5 aromatic rings. The fraction of sp³-hybridized carbons (Fsp3) is 0.417. The molecule has 47 heavy (non-hydrogen) atoms. The van der Waals surface area contributed by atoms with Gasteiger partial charge >= 0.3 is 0 Å². The summed E-state index contributed by atoms with van der Waals surface area (Å²) in [4.78, 5) is 32.0. The molecule has 9 rings (SSSR count). The number of aromatic nitrogens is 5. The van der Waals surface area contributed by atoms with Gasteiger partial charge in [0.15, 0.2) is 17.3 Å². The number of methoxy groups -OCH3 is 1. The Morgan fingerprint density at radius 2 is 1.81 bits per heavy atom. The first-order chi connectivity index (χ1) is 23.0. The molecule has 0 spiro atoms. The fourth-order valence-electron chi connectivity index (χ4n) is 8.24. The standard InChI is InChI=1S/C36H37N9O2/c1-47-31-14-25(36(46)44-20-24-8-9-29(44)32(24)38)12-26-33(31)45(19-22-16-42(17-22)34-27(15-37)39-10-11-40-34)35(41-26)30-13-23-4-2-3-5-28(23)43(30)18-21-6-7-21/h2-5,10-14,21-22,24,29,32H,6-9,16-20,38H2,1H3/t24-,29-,32-/m1/s1. The van der Waals surface area contributed by atoms with Gasteiger partial charge in [0.05, 0.1) is 18.3 Å². The highest BCUT2D eigenvalue weighted by Crippen LogP contribution is 2.41. The van der Waals surface area contributed by atoms with Crippen LogP contribution in [0.4, 0.5) is 5.82 Å². The molecule has 11 nitrogen and oxygen atoms in total. The number of hydrogen-bond donors (Lipinski definition) is 1. The average Bonchev–Trinajstić information content (AvgIpc) is 3.44. The molecule has 0 radical (unpaired) electrons. The number of imidazole rings is 1. The van der Waals surface area contributed by atoms with Crippen LogP contribution in [0.15, 0.2) is 54.9 Å². The summed E-state index contributed by atoms with van der Waals surface area (Å²) in [5, 5.41) is 10.8. The molecule has 1 amide bonds. The number of nitrogens with two attached hydrogens (primary N) is 1. The maximum absolute atomic E-state index is 13.9. The lowest BCUT2D eigenvalue weighted by molar-refractivity contribution is 0.0700. The number of para-hydroxylation sites is 1. The summed E-state index contributed by atoms with van der Waals surface area (Å²) in [7, 11) is 1.67. The smallest absolute Gasteiger partial charge is 0.254 e. The molecule has 4 fully saturated rings. The van der Waals surface area contributed by atoms with Crippen molar-refractivity contribution >= 4 is 33.7 Å². The van der Waals surface area contributed by atoms with Gasteiger partial charge in [-0.05, 0) is 61.8 Å². The molecule has 5 heterocycles. The van der Waals surface area contributed by atoms with Crippen LogP contribution in [0.2, 0.25) is 0 Å². The van der Waals surface area contributed by atoms with Crippen LogP contribution in [0, 0.1) is 29.1 Å². The van der Waals surface area contributed by atoms with E-state index in [-0.39, 0.29) is 23.9 Å². The highest BCUT2D eigenvalue weighted by Gasteiger charge is 2.47. The van der Waals surface area contributed by atoms with Gasteiger partial charge in [0, 0.05) is 79.6 Å². The zero-order valence-corrected chi connectivity index (χ0v) is 26.4. The molecule has 3 aromatic heterocycles. The van der Waals surface area contributed by atoms with Crippen molar-refractivity contribution in [2.45, 2.75) is 50.9 Å². The van der Waals surface area contributed by atoms with Gasteiger partial charge in [0.2, 0.25) is 0 Å². The van der Waals surface area contributed by atoms with Gasteiger partial charge in [-0.3, -0.25) is 4.79 Å². The van der Waals surface area contributed by atoms with Crippen molar-refractivity contribution in [3.63, 3.8) is 0 Å². The Morgan fingerprint density at radius 1 is 1.00 bits per heavy atom. The summed E-state index contributed by atoms with van der Waals surface area (Å²) >= 11 is 0. The number of ether oxygens (including phenoxy) is 1. The predicted molar refractivity (Wildman–Crippen MR) is 178 cm³/mol. The van der Waals surface area contributed by atoms with Gasteiger partial charge in [-0.2, -0.15) is 5.26 Å². The molecule has 2 saturated carbocycles. The largest absolute Gasteiger partial charge is 0.494 e. The van der Waals surface area contributed by atoms with E-state index in [9.17, 15) is 10.1 Å². The molecule has 2 aliphatic heterocycles. The van der Waals surface area contributed by atoms with Crippen LogP contribution in [0.5, 0.6) is 5.75 Å². The number of likely N-dealkylation sites (tertiary alicyclic amines) is 1. The number of nitriles is 1. The normalized spacial score (nSPS) is 22.3. The van der Waals surface area contributed by atoms with Crippen LogP contribution in [-0.4, -0.2) is 73.7 Å². The lowest BCUT2D eigenvalue weighted by atomic mass is 9.99. The zero-order valence-electron chi connectivity index (χ0n) is 26.4. The van der Waals surface area contributed by atoms with Crippen molar-refractivity contribution in [2.24, 2.45) is 23.5 Å². The number of carbonyl (C=O) groups excluding carboxylic acids is 1. The average molecular weight is 628 g/mol. The van der Waals surface area contributed by atoms with Gasteiger partial charge in [0.1, 0.15) is 17.3 Å². The monoisotopic (exact) mass is 627 g/mol. The lowest BCUT2D eigenvalue weighted by Gasteiger charge is -2.40. The Hall–Kier alpha value is -4.95. The molecule has 2 N–H and O–H groups in total. The first kappa shape index (κ1) is 28.3. The van der Waals surface area contributed by atoms with Crippen molar-refractivity contribution in [2.75, 3.05) is 31.6 Å². The Balaban J connectivity index is 1.14. The van der Waals surface area contributed by atoms with E-state index in [0.717, 1.165) is 55.0 Å². The minimum atomic E-state index is -0.00120. The highest BCUT2D eigenvalue weighted by atomic mass is 16.5. The summed E-state index contributed by atoms with van der Waals surface area (Å²) < 4.78 is 10.8. The summed E-state index contributed by atoms with van der Waals surface area (Å²) in [5.74, 6) is 3.47. The van der Waals surface area contributed by atoms with E-state index in [1.807, 2.05) is 17.0 Å². The number of anilines is 1. The van der Waals surface area contributed by atoms with E-state index in [2.05, 4.69) is 60.4 Å². The van der Waals surface area contributed by atoms with Gasteiger partial charge in [0.25, 0.3) is 5.91 Å². The maximum atomic E-state index is 13.9. The zero-order chi connectivity index (χ0) is 31.8. The third-order valence-electron chi connectivity index (χ3n) is 10.8. The van der Waals surface area contributed by atoms with Crippen LogP contribution in [-0.2, 0) is 13.1 Å². The van der Waals surface area contributed by atoms with Gasteiger partial charge in [-0.1, -0.05) is 18.2 Å². The Morgan fingerprint density at radius 3 is 2.55 bits per heavy atom. The van der Waals surface area contributed by atoms with Crippen LogP contribution in [0.1, 0.15) is 41.7 Å². The van der Waals surface area contributed by atoms with Gasteiger partial charge < -0.3 is 29.4 Å². The summed E-state index contributed by atoms with van der Waals surface area (Å²) in [6, 6.07) is 16.9. The number of carbonyl (C=O) groups is 1. The molecule has 0 unspecified atom stereocenters. The lowest BCUT2D eigenvalue weighted by Crippen LogP contribution is -2.49. The number of rotatable bonds is 8. The van der Waals surface area contributed by atoms with Crippen molar-refractivity contribution < 1.29 is 9.53 Å². The molecular weight excluding hydrogens is 590 g/mol. The number of nitrogens with zero attached hydrogens (tertiary/aromatic N) is 8. The molecule has 2 bridgehead atoms. The molecule has 2 aromatic carbocycles. The SMILES string of the molecule is COc1cc(C(=O)N2C[C@H]3CC[C@@H]2[C@@H]3N)cc2nc(-c3cc4ccccc4n3CC3CC3)n(CC3CN(c4nccnc4C#N)C3)c12. The van der Waals surface area contributed by atoms with E-state index in [1.165, 1.54) is 23.7 Å². The third-order valence-corrected chi connectivity index (χ3v) is 10.8. The molecule has 2 saturated heterocycles. The van der Waals surface area contributed by atoms with E-state index < -0.39 is 0 Å². The third kappa shape index (κ3) is 4.57. The molecule has 2 aliphatic carbocycles. The van der Waals surface area contributed by atoms with E-state index >= 15 is 0 Å². The molecular formula is C36H37N9O2. The topological polar surface area (TPSA) is 131 Å². The maximum Gasteiger partial charge on any atom is 0.254 e. The highest BCUT2D eigenvalue weighted by molar-refractivity contribution is 6.00. The van der Waals surface area contributed by atoms with Crippen molar-refractivity contribution in [1.29, 1.82) is 5.26 Å². The van der Waals surface area contributed by atoms with Gasteiger partial charge in [-0.25, -0.2) is 15.0 Å². The number of amides is 1. The van der Waals surface area contributed by atoms with Crippen LogP contribution >= 0.6 is 0 Å². The molecule has 3 atom stereocenters. The van der Waals surface area contributed by atoms with E-state index in [1.54, 1.807) is 19.5 Å². The van der Waals surface area contributed by atoms with Crippen molar-refractivity contribution in [3.05, 3.63) is 66.1 Å². The molecule has 238 valence electrons. The minimum Gasteiger partial charge on any atom is -0.494 e. The number of benzene rings is 2. The number of hydrogen-bond acceptors (Lipinski definition) is 8. The fourth-order valence-corrected chi connectivity index (χ4v) is 8.24. The Bertz CT molecular complexity index is 2080. The second-order valence-corrected chi connectivity index (χ2v) is 13.8. The quantitative estimate of drug-likeness (QED) is 0.267.